The first-order valence-corrected chi connectivity index (χ1v) is 10.9. The van der Waals surface area contributed by atoms with E-state index in [1.54, 1.807) is 43.5 Å². The number of thioether (sulfide) groups is 1. The molecule has 0 bridgehead atoms. The van der Waals surface area contributed by atoms with Crippen molar-refractivity contribution in [2.75, 3.05) is 27.9 Å². The van der Waals surface area contributed by atoms with Gasteiger partial charge in [0.1, 0.15) is 6.61 Å². The number of esters is 1. The van der Waals surface area contributed by atoms with Gasteiger partial charge in [0.15, 0.2) is 16.7 Å². The minimum absolute atomic E-state index is 0.106. The monoisotopic (exact) mass is 514 g/mol. The van der Waals surface area contributed by atoms with Gasteiger partial charge < -0.3 is 14.2 Å². The fraction of sp³-hybridized carbons (Fsp3) is 0.174. The number of ether oxygens (including phenoxy) is 3. The van der Waals surface area contributed by atoms with E-state index in [0.717, 1.165) is 5.56 Å². The molecule has 1 heterocycles. The Kier molecular flexibility index (Phi) is 7.62. The van der Waals surface area contributed by atoms with E-state index in [9.17, 15) is 9.59 Å². The van der Waals surface area contributed by atoms with Gasteiger partial charge in [0, 0.05) is 7.05 Å². The largest absolute Gasteiger partial charge is 0.493 e. The van der Waals surface area contributed by atoms with Crippen LogP contribution in [0.4, 0.5) is 5.69 Å². The molecule has 7 nitrogen and oxygen atoms in total. The van der Waals surface area contributed by atoms with E-state index in [1.807, 2.05) is 6.07 Å². The molecule has 2 aromatic rings. The molecule has 1 fully saturated rings. The van der Waals surface area contributed by atoms with E-state index >= 15 is 0 Å². The number of amides is 1. The lowest BCUT2D eigenvalue weighted by atomic mass is 10.2. The van der Waals surface area contributed by atoms with Gasteiger partial charge in [-0.05, 0) is 75.7 Å². The molecule has 0 spiro atoms. The molecular formula is C23H19BrN2O5S. The number of halogens is 1. The maximum absolute atomic E-state index is 12.7. The Hall–Kier alpha value is -3.22. The smallest absolute Gasteiger partial charge is 0.337 e. The van der Waals surface area contributed by atoms with Crippen LogP contribution in [0.5, 0.6) is 11.5 Å². The molecule has 0 aliphatic carbocycles. The SMILES string of the molecule is C#CCOc1c(Br)cc(C=C2SC(=Nc3ccc(C(=O)OC)cc3)N(C)C2=O)cc1OC. The fourth-order valence-electron chi connectivity index (χ4n) is 2.78. The summed E-state index contributed by atoms with van der Waals surface area (Å²) in [6.07, 6.45) is 7.02. The van der Waals surface area contributed by atoms with Gasteiger partial charge in [-0.2, -0.15) is 0 Å². The van der Waals surface area contributed by atoms with Gasteiger partial charge in [-0.25, -0.2) is 9.79 Å². The number of methoxy groups -OCH3 is 2. The molecule has 0 saturated carbocycles. The highest BCUT2D eigenvalue weighted by Gasteiger charge is 2.30. The molecule has 1 aliphatic heterocycles. The van der Waals surface area contributed by atoms with Gasteiger partial charge in [-0.15, -0.1) is 6.42 Å². The average molecular weight is 515 g/mol. The lowest BCUT2D eigenvalue weighted by Crippen LogP contribution is -2.23. The number of aliphatic imine (C=N–C) groups is 1. The summed E-state index contributed by atoms with van der Waals surface area (Å²) >= 11 is 4.71. The van der Waals surface area contributed by atoms with E-state index in [-0.39, 0.29) is 12.5 Å². The summed E-state index contributed by atoms with van der Waals surface area (Å²) in [6.45, 7) is 0.106. The normalized spacial score (nSPS) is 15.7. The quantitative estimate of drug-likeness (QED) is 0.321. The molecule has 2 aromatic carbocycles. The lowest BCUT2D eigenvalue weighted by Gasteiger charge is -2.12. The van der Waals surface area contributed by atoms with Crippen molar-refractivity contribution >= 4 is 56.5 Å². The van der Waals surface area contributed by atoms with Gasteiger partial charge in [-0.3, -0.25) is 9.69 Å². The number of benzene rings is 2. The Bertz CT molecular complexity index is 1150. The van der Waals surface area contributed by atoms with Crippen molar-refractivity contribution in [2.24, 2.45) is 4.99 Å². The molecule has 0 aromatic heterocycles. The molecule has 0 unspecified atom stereocenters. The zero-order valence-electron chi connectivity index (χ0n) is 17.5. The van der Waals surface area contributed by atoms with Crippen molar-refractivity contribution in [1.29, 1.82) is 0 Å². The third-order valence-electron chi connectivity index (χ3n) is 4.37. The summed E-state index contributed by atoms with van der Waals surface area (Å²) < 4.78 is 16.3. The van der Waals surface area contributed by atoms with E-state index < -0.39 is 5.97 Å². The van der Waals surface area contributed by atoms with E-state index in [0.29, 0.717) is 37.3 Å². The third kappa shape index (κ3) is 5.15. The number of nitrogens with zero attached hydrogens (tertiary/aromatic N) is 2. The minimum Gasteiger partial charge on any atom is -0.493 e. The van der Waals surface area contributed by atoms with Crippen LogP contribution in [0.25, 0.3) is 6.08 Å². The molecule has 1 aliphatic rings. The van der Waals surface area contributed by atoms with Crippen LogP contribution in [0.3, 0.4) is 0 Å². The third-order valence-corrected chi connectivity index (χ3v) is 6.02. The van der Waals surface area contributed by atoms with Crippen LogP contribution in [0.1, 0.15) is 15.9 Å². The number of hydrogen-bond acceptors (Lipinski definition) is 7. The molecule has 0 atom stereocenters. The summed E-state index contributed by atoms with van der Waals surface area (Å²) in [5, 5.41) is 0.520. The number of terminal acetylenes is 1. The molecule has 9 heteroatoms. The summed E-state index contributed by atoms with van der Waals surface area (Å²) in [5.74, 6) is 2.80. The van der Waals surface area contributed by atoms with Crippen molar-refractivity contribution in [3.05, 3.63) is 56.9 Å². The second-order valence-electron chi connectivity index (χ2n) is 6.43. The van der Waals surface area contributed by atoms with E-state index in [1.165, 1.54) is 30.9 Å². The average Bonchev–Trinajstić information content (AvgIpc) is 3.05. The zero-order chi connectivity index (χ0) is 23.3. The molecule has 164 valence electrons. The predicted molar refractivity (Wildman–Crippen MR) is 128 cm³/mol. The van der Waals surface area contributed by atoms with Crippen LogP contribution < -0.4 is 9.47 Å². The maximum atomic E-state index is 12.7. The van der Waals surface area contributed by atoms with Crippen molar-refractivity contribution in [1.82, 2.24) is 4.90 Å². The van der Waals surface area contributed by atoms with Gasteiger partial charge in [0.25, 0.3) is 5.91 Å². The number of amidine groups is 1. The van der Waals surface area contributed by atoms with Crippen LogP contribution in [0, 0.1) is 12.3 Å². The molecule has 1 amide bonds. The Balaban J connectivity index is 1.87. The van der Waals surface area contributed by atoms with Gasteiger partial charge in [0.2, 0.25) is 0 Å². The highest BCUT2D eigenvalue weighted by molar-refractivity contribution is 9.10. The number of rotatable bonds is 6. The lowest BCUT2D eigenvalue weighted by molar-refractivity contribution is -0.121. The van der Waals surface area contributed by atoms with Crippen molar-refractivity contribution in [2.45, 2.75) is 0 Å². The van der Waals surface area contributed by atoms with E-state index in [2.05, 4.69) is 26.8 Å². The van der Waals surface area contributed by atoms with Gasteiger partial charge in [-0.1, -0.05) is 5.92 Å². The summed E-state index contributed by atoms with van der Waals surface area (Å²) in [4.78, 5) is 30.8. The standard InChI is InChI=1S/C23H19BrN2O5S/c1-5-10-31-20-17(24)11-14(12-18(20)29-3)13-19-21(27)26(2)23(32-19)25-16-8-6-15(7-9-16)22(28)30-4/h1,6-9,11-13H,10H2,2-4H3. The Labute approximate surface area is 198 Å². The summed E-state index contributed by atoms with van der Waals surface area (Å²) in [6, 6.07) is 10.2. The van der Waals surface area contributed by atoms with Gasteiger partial charge in [0.05, 0.1) is 34.8 Å². The second kappa shape index (κ2) is 10.4. The molecule has 0 N–H and O–H groups in total. The number of likely N-dealkylation sites (N-methyl/N-ethyl adjacent to an activating group) is 1. The number of carbonyl (C=O) groups excluding carboxylic acids is 2. The molecular weight excluding hydrogens is 496 g/mol. The van der Waals surface area contributed by atoms with Crippen LogP contribution in [-0.4, -0.2) is 49.8 Å². The predicted octanol–water partition coefficient (Wildman–Crippen LogP) is 4.49. The van der Waals surface area contributed by atoms with E-state index in [4.69, 9.17) is 20.6 Å². The number of carbonyl (C=O) groups is 2. The van der Waals surface area contributed by atoms with Crippen LogP contribution >= 0.6 is 27.7 Å². The Morgan fingerprint density at radius 2 is 2.00 bits per heavy atom. The fourth-order valence-corrected chi connectivity index (χ4v) is 4.34. The topological polar surface area (TPSA) is 77.4 Å². The first kappa shape index (κ1) is 23.4. The molecule has 0 radical (unpaired) electrons. The minimum atomic E-state index is -0.422. The van der Waals surface area contributed by atoms with Crippen molar-refractivity contribution < 1.29 is 23.8 Å². The Morgan fingerprint density at radius 1 is 1.28 bits per heavy atom. The molecule has 3 rings (SSSR count). The van der Waals surface area contributed by atoms with Gasteiger partial charge >= 0.3 is 5.97 Å². The highest BCUT2D eigenvalue weighted by Crippen LogP contribution is 2.39. The first-order valence-electron chi connectivity index (χ1n) is 9.26. The van der Waals surface area contributed by atoms with Crippen LogP contribution in [0.15, 0.2) is 50.8 Å². The van der Waals surface area contributed by atoms with Crippen LogP contribution in [0.2, 0.25) is 0 Å². The second-order valence-corrected chi connectivity index (χ2v) is 8.30. The summed E-state index contributed by atoms with van der Waals surface area (Å²) in [5.41, 5.74) is 1.78. The zero-order valence-corrected chi connectivity index (χ0v) is 20.0. The van der Waals surface area contributed by atoms with Crippen LogP contribution in [-0.2, 0) is 9.53 Å². The Morgan fingerprint density at radius 3 is 2.62 bits per heavy atom. The number of hydrogen-bond donors (Lipinski definition) is 0. The highest BCUT2D eigenvalue weighted by atomic mass is 79.9. The molecule has 1 saturated heterocycles. The van der Waals surface area contributed by atoms with Crippen molar-refractivity contribution in [3.8, 4) is 23.8 Å². The first-order chi connectivity index (χ1) is 15.4. The summed E-state index contributed by atoms with van der Waals surface area (Å²) in [7, 11) is 4.51. The maximum Gasteiger partial charge on any atom is 0.337 e. The van der Waals surface area contributed by atoms with Crippen molar-refractivity contribution in [3.63, 3.8) is 0 Å². The molecule has 32 heavy (non-hydrogen) atoms.